The quantitative estimate of drug-likeness (QED) is 0.726. The van der Waals surface area contributed by atoms with Crippen molar-refractivity contribution in [3.63, 3.8) is 0 Å². The zero-order valence-corrected chi connectivity index (χ0v) is 9.57. The molecule has 0 radical (unpaired) electrons. The average Bonchev–Trinajstić information content (AvgIpc) is 2.60. The average molecular weight is 265 g/mol. The van der Waals surface area contributed by atoms with Gasteiger partial charge >= 0.3 is 0 Å². The van der Waals surface area contributed by atoms with Gasteiger partial charge < -0.3 is 0 Å². The minimum absolute atomic E-state index is 0.00593. The number of pyridine rings is 1. The molecule has 1 unspecified atom stereocenters. The molecule has 1 aliphatic rings. The molecule has 1 aromatic rings. The van der Waals surface area contributed by atoms with Gasteiger partial charge in [-0.15, -0.1) is 12.3 Å². The van der Waals surface area contributed by atoms with Crippen LogP contribution in [0.25, 0.3) is 0 Å². The molecule has 0 bridgehead atoms. The summed E-state index contributed by atoms with van der Waals surface area (Å²) >= 11 is 3.37. The first-order valence-electron chi connectivity index (χ1n) is 4.59. The standard InChI is InChI=1S/C11H9BrN2O/c1-2-8-6-10(15)14(7-8)11-9(12)4-3-5-13-11/h1,3-5,8H,6-7H2. The first-order valence-corrected chi connectivity index (χ1v) is 5.38. The third-order valence-electron chi connectivity index (χ3n) is 2.36. The van der Waals surface area contributed by atoms with Gasteiger partial charge in [0.2, 0.25) is 5.91 Å². The summed E-state index contributed by atoms with van der Waals surface area (Å²) in [5, 5.41) is 0. The van der Waals surface area contributed by atoms with Gasteiger partial charge in [0, 0.05) is 25.1 Å². The van der Waals surface area contributed by atoms with Crippen molar-refractivity contribution in [1.82, 2.24) is 4.98 Å². The van der Waals surface area contributed by atoms with Crippen LogP contribution in [0.1, 0.15) is 6.42 Å². The fourth-order valence-corrected chi connectivity index (χ4v) is 2.07. The second kappa shape index (κ2) is 4.03. The number of halogens is 1. The number of anilines is 1. The number of carbonyl (C=O) groups excluding carboxylic acids is 1. The normalized spacial score (nSPS) is 20.4. The first kappa shape index (κ1) is 10.2. The minimum Gasteiger partial charge on any atom is -0.295 e. The first-order chi connectivity index (χ1) is 7.22. The molecule has 4 heteroatoms. The third kappa shape index (κ3) is 1.88. The zero-order valence-electron chi connectivity index (χ0n) is 7.98. The molecule has 0 aliphatic carbocycles. The fraction of sp³-hybridized carbons (Fsp3) is 0.273. The van der Waals surface area contributed by atoms with E-state index in [0.717, 1.165) is 4.47 Å². The molecule has 0 aromatic carbocycles. The molecular formula is C11H9BrN2O. The van der Waals surface area contributed by atoms with Gasteiger partial charge in [-0.25, -0.2) is 4.98 Å². The van der Waals surface area contributed by atoms with Gasteiger partial charge in [-0.2, -0.15) is 0 Å². The van der Waals surface area contributed by atoms with Crippen molar-refractivity contribution in [2.75, 3.05) is 11.4 Å². The van der Waals surface area contributed by atoms with Crippen molar-refractivity contribution in [2.45, 2.75) is 6.42 Å². The lowest BCUT2D eigenvalue weighted by Gasteiger charge is -2.15. The van der Waals surface area contributed by atoms with Crippen LogP contribution in [0.4, 0.5) is 5.82 Å². The molecule has 2 heterocycles. The van der Waals surface area contributed by atoms with Crippen molar-refractivity contribution >= 4 is 27.7 Å². The molecule has 1 aliphatic heterocycles. The van der Waals surface area contributed by atoms with E-state index in [1.165, 1.54) is 0 Å². The summed E-state index contributed by atoms with van der Waals surface area (Å²) in [6, 6.07) is 3.67. The van der Waals surface area contributed by atoms with Crippen molar-refractivity contribution in [3.05, 3.63) is 22.8 Å². The summed E-state index contributed by atoms with van der Waals surface area (Å²) in [7, 11) is 0. The smallest absolute Gasteiger partial charge is 0.229 e. The predicted molar refractivity (Wildman–Crippen MR) is 61.2 cm³/mol. The molecule has 3 nitrogen and oxygen atoms in total. The molecule has 1 aromatic heterocycles. The Hall–Kier alpha value is -1.34. The second-order valence-corrected chi connectivity index (χ2v) is 4.24. The van der Waals surface area contributed by atoms with E-state index in [0.29, 0.717) is 18.8 Å². The lowest BCUT2D eigenvalue weighted by molar-refractivity contribution is -0.117. The molecular weight excluding hydrogens is 256 g/mol. The van der Waals surface area contributed by atoms with E-state index in [1.807, 2.05) is 12.1 Å². The highest BCUT2D eigenvalue weighted by molar-refractivity contribution is 9.10. The molecule has 1 fully saturated rings. The summed E-state index contributed by atoms with van der Waals surface area (Å²) in [6.45, 7) is 0.560. The van der Waals surface area contributed by atoms with Crippen LogP contribution in [0.2, 0.25) is 0 Å². The number of carbonyl (C=O) groups is 1. The van der Waals surface area contributed by atoms with Crippen molar-refractivity contribution in [2.24, 2.45) is 5.92 Å². The van der Waals surface area contributed by atoms with E-state index in [1.54, 1.807) is 11.1 Å². The Balaban J connectivity index is 2.30. The van der Waals surface area contributed by atoms with Crippen molar-refractivity contribution in [3.8, 4) is 12.3 Å². The maximum absolute atomic E-state index is 11.7. The van der Waals surface area contributed by atoms with Crippen LogP contribution in [0.3, 0.4) is 0 Å². The Labute approximate surface area is 96.6 Å². The highest BCUT2D eigenvalue weighted by Gasteiger charge is 2.30. The number of aromatic nitrogens is 1. The Morgan fingerprint density at radius 1 is 1.67 bits per heavy atom. The number of hydrogen-bond donors (Lipinski definition) is 0. The molecule has 1 atom stereocenters. The van der Waals surface area contributed by atoms with Crippen LogP contribution in [0.5, 0.6) is 0 Å². The summed E-state index contributed by atoms with van der Waals surface area (Å²) < 4.78 is 0.816. The minimum atomic E-state index is 0.00593. The molecule has 0 spiro atoms. The topological polar surface area (TPSA) is 33.2 Å². The largest absolute Gasteiger partial charge is 0.295 e. The lowest BCUT2D eigenvalue weighted by atomic mass is 10.1. The molecule has 0 saturated carbocycles. The van der Waals surface area contributed by atoms with Crippen LogP contribution >= 0.6 is 15.9 Å². The van der Waals surface area contributed by atoms with Gasteiger partial charge in [-0.3, -0.25) is 9.69 Å². The highest BCUT2D eigenvalue weighted by atomic mass is 79.9. The molecule has 76 valence electrons. The van der Waals surface area contributed by atoms with Gasteiger partial charge in [0.25, 0.3) is 0 Å². The van der Waals surface area contributed by atoms with Gasteiger partial charge in [0.05, 0.1) is 4.47 Å². The summed E-state index contributed by atoms with van der Waals surface area (Å²) in [6.07, 6.45) is 7.39. The number of amides is 1. The second-order valence-electron chi connectivity index (χ2n) is 3.38. The van der Waals surface area contributed by atoms with Crippen LogP contribution in [0.15, 0.2) is 22.8 Å². The van der Waals surface area contributed by atoms with E-state index in [4.69, 9.17) is 6.42 Å². The van der Waals surface area contributed by atoms with E-state index in [-0.39, 0.29) is 11.8 Å². The molecule has 2 rings (SSSR count). The van der Waals surface area contributed by atoms with E-state index >= 15 is 0 Å². The van der Waals surface area contributed by atoms with Gasteiger partial charge in [-0.05, 0) is 28.1 Å². The van der Waals surface area contributed by atoms with Crippen LogP contribution in [-0.4, -0.2) is 17.4 Å². The molecule has 15 heavy (non-hydrogen) atoms. The monoisotopic (exact) mass is 264 g/mol. The third-order valence-corrected chi connectivity index (χ3v) is 2.97. The van der Waals surface area contributed by atoms with Crippen LogP contribution in [0, 0.1) is 18.3 Å². The number of hydrogen-bond acceptors (Lipinski definition) is 2. The highest BCUT2D eigenvalue weighted by Crippen LogP contribution is 2.28. The number of nitrogens with zero attached hydrogens (tertiary/aromatic N) is 2. The maximum Gasteiger partial charge on any atom is 0.229 e. The van der Waals surface area contributed by atoms with Gasteiger partial charge in [-0.1, -0.05) is 0 Å². The fourth-order valence-electron chi connectivity index (χ4n) is 1.60. The Morgan fingerprint density at radius 3 is 3.07 bits per heavy atom. The zero-order chi connectivity index (χ0) is 10.8. The van der Waals surface area contributed by atoms with Crippen molar-refractivity contribution < 1.29 is 4.79 Å². The molecule has 1 saturated heterocycles. The Morgan fingerprint density at radius 2 is 2.47 bits per heavy atom. The van der Waals surface area contributed by atoms with Crippen molar-refractivity contribution in [1.29, 1.82) is 0 Å². The van der Waals surface area contributed by atoms with Crippen LogP contribution < -0.4 is 4.90 Å². The summed E-state index contributed by atoms with van der Waals surface area (Å²) in [4.78, 5) is 17.5. The number of terminal acetylenes is 1. The molecule has 0 N–H and O–H groups in total. The van der Waals surface area contributed by atoms with E-state index in [9.17, 15) is 4.79 Å². The Bertz CT molecular complexity index is 438. The lowest BCUT2D eigenvalue weighted by Crippen LogP contribution is -2.25. The van der Waals surface area contributed by atoms with E-state index < -0.39 is 0 Å². The Kier molecular flexibility index (Phi) is 2.74. The van der Waals surface area contributed by atoms with Gasteiger partial charge in [0.1, 0.15) is 5.82 Å². The summed E-state index contributed by atoms with van der Waals surface area (Å²) in [5.41, 5.74) is 0. The molecule has 1 amide bonds. The van der Waals surface area contributed by atoms with Gasteiger partial charge in [0.15, 0.2) is 0 Å². The SMILES string of the molecule is C#CC1CC(=O)N(c2ncccc2Br)C1. The number of rotatable bonds is 1. The summed E-state index contributed by atoms with van der Waals surface area (Å²) in [5.74, 6) is 3.31. The maximum atomic E-state index is 11.7. The van der Waals surface area contributed by atoms with E-state index in [2.05, 4.69) is 26.8 Å². The van der Waals surface area contributed by atoms with Crippen LogP contribution in [-0.2, 0) is 4.79 Å². The predicted octanol–water partition coefficient (Wildman–Crippen LogP) is 1.83.